The number of methoxy groups -OCH3 is 1. The minimum Gasteiger partial charge on any atom is -0.385 e. The molecule has 2 aromatic rings. The molecule has 0 aliphatic heterocycles. The highest BCUT2D eigenvalue weighted by molar-refractivity contribution is 7.98. The molecule has 1 aromatic carbocycles. The average molecular weight is 503 g/mol. The number of carbonyl (C=O) groups is 3. The minimum atomic E-state index is -0.178. The average Bonchev–Trinajstić information content (AvgIpc) is 3.43. The van der Waals surface area contributed by atoms with E-state index >= 15 is 0 Å². The highest BCUT2D eigenvalue weighted by Gasteiger charge is 2.47. The molecule has 192 valence electrons. The summed E-state index contributed by atoms with van der Waals surface area (Å²) in [6.45, 7) is 4.85. The SMILES string of the molecule is CCOC.CSc1cccc(N(C(=O)c2cc(C=O)[nH]n2)C2(C)CC2)c1.O=CNC1CCCCC1. The first-order valence-electron chi connectivity index (χ1n) is 12.1. The Kier molecular flexibility index (Phi) is 12.0. The molecule has 2 saturated carbocycles. The van der Waals surface area contributed by atoms with Gasteiger partial charge in [-0.15, -0.1) is 11.8 Å². The fourth-order valence-electron chi connectivity index (χ4n) is 3.81. The quantitative estimate of drug-likeness (QED) is 0.395. The molecule has 4 rings (SSSR count). The summed E-state index contributed by atoms with van der Waals surface area (Å²) < 4.78 is 4.54. The van der Waals surface area contributed by atoms with Crippen molar-refractivity contribution >= 4 is 36.1 Å². The molecule has 35 heavy (non-hydrogen) atoms. The Labute approximate surface area is 212 Å². The lowest BCUT2D eigenvalue weighted by molar-refractivity contribution is -0.110. The summed E-state index contributed by atoms with van der Waals surface area (Å²) in [5.74, 6) is -0.178. The number of anilines is 1. The summed E-state index contributed by atoms with van der Waals surface area (Å²) >= 11 is 1.64. The first-order valence-corrected chi connectivity index (χ1v) is 13.3. The van der Waals surface area contributed by atoms with E-state index in [-0.39, 0.29) is 17.1 Å². The molecule has 0 saturated heterocycles. The van der Waals surface area contributed by atoms with Gasteiger partial charge in [0.25, 0.3) is 5.91 Å². The lowest BCUT2D eigenvalue weighted by atomic mass is 9.96. The van der Waals surface area contributed by atoms with Gasteiger partial charge in [-0.3, -0.25) is 19.5 Å². The van der Waals surface area contributed by atoms with Gasteiger partial charge in [0.05, 0.1) is 5.69 Å². The van der Waals surface area contributed by atoms with Crippen molar-refractivity contribution in [1.82, 2.24) is 15.5 Å². The molecule has 2 N–H and O–H groups in total. The van der Waals surface area contributed by atoms with Gasteiger partial charge in [-0.25, -0.2) is 0 Å². The topological polar surface area (TPSA) is 104 Å². The van der Waals surface area contributed by atoms with E-state index in [1.165, 1.54) is 38.2 Å². The lowest BCUT2D eigenvalue weighted by Gasteiger charge is -2.29. The third-order valence-corrected chi connectivity index (χ3v) is 6.89. The fourth-order valence-corrected chi connectivity index (χ4v) is 4.27. The van der Waals surface area contributed by atoms with Crippen LogP contribution >= 0.6 is 11.8 Å². The van der Waals surface area contributed by atoms with Gasteiger partial charge in [-0.05, 0) is 70.1 Å². The summed E-state index contributed by atoms with van der Waals surface area (Å²) in [7, 11) is 1.68. The van der Waals surface area contributed by atoms with Gasteiger partial charge in [-0.2, -0.15) is 5.10 Å². The standard InChI is InChI=1S/C16H17N3O2S.C7H13NO.C3H8O/c1-16(6-7-16)19(12-4-3-5-13(9-12)22-2)15(21)14-8-11(10-20)17-18-14;9-6-8-7-4-2-1-3-5-7;1-3-4-2/h3-5,8-10H,6-7H2,1-2H3,(H,17,18);6-7H,1-5H2,(H,8,9);3H2,1-2H3. The predicted octanol–water partition coefficient (Wildman–Crippen LogP) is 4.86. The number of aldehydes is 1. The van der Waals surface area contributed by atoms with Gasteiger partial charge >= 0.3 is 0 Å². The van der Waals surface area contributed by atoms with E-state index in [1.54, 1.807) is 23.8 Å². The molecular weight excluding hydrogens is 464 g/mol. The van der Waals surface area contributed by atoms with Crippen LogP contribution in [0.1, 0.15) is 79.8 Å². The summed E-state index contributed by atoms with van der Waals surface area (Å²) in [6, 6.07) is 9.90. The maximum Gasteiger partial charge on any atom is 0.279 e. The number of rotatable bonds is 8. The normalized spacial score (nSPS) is 16.0. The molecule has 1 heterocycles. The third-order valence-electron chi connectivity index (χ3n) is 6.17. The highest BCUT2D eigenvalue weighted by Crippen LogP contribution is 2.44. The smallest absolute Gasteiger partial charge is 0.279 e. The Hall–Kier alpha value is -2.65. The Morgan fingerprint density at radius 1 is 1.26 bits per heavy atom. The number of nitrogens with one attached hydrogen (secondary N) is 2. The van der Waals surface area contributed by atoms with Crippen LogP contribution in [-0.4, -0.2) is 60.4 Å². The molecule has 2 aliphatic rings. The summed E-state index contributed by atoms with van der Waals surface area (Å²) in [5, 5.41) is 9.34. The van der Waals surface area contributed by atoms with Crippen LogP contribution in [-0.2, 0) is 9.53 Å². The predicted molar refractivity (Wildman–Crippen MR) is 140 cm³/mol. The van der Waals surface area contributed by atoms with Gasteiger partial charge in [0.15, 0.2) is 12.0 Å². The van der Waals surface area contributed by atoms with Gasteiger partial charge in [0, 0.05) is 35.9 Å². The molecular formula is C26H38N4O4S. The first-order chi connectivity index (χ1) is 16.9. The summed E-state index contributed by atoms with van der Waals surface area (Å²) in [4.78, 5) is 36.5. The van der Waals surface area contributed by atoms with Crippen molar-refractivity contribution in [2.24, 2.45) is 0 Å². The van der Waals surface area contributed by atoms with Gasteiger partial charge in [-0.1, -0.05) is 25.3 Å². The van der Waals surface area contributed by atoms with Crippen molar-refractivity contribution in [3.05, 3.63) is 41.7 Å². The van der Waals surface area contributed by atoms with Crippen molar-refractivity contribution in [3.63, 3.8) is 0 Å². The number of amides is 2. The number of aromatic amines is 1. The van der Waals surface area contributed by atoms with Crippen LogP contribution in [0.15, 0.2) is 35.2 Å². The molecule has 0 radical (unpaired) electrons. The number of hydrogen-bond donors (Lipinski definition) is 2. The number of ether oxygens (including phenoxy) is 1. The van der Waals surface area contributed by atoms with E-state index in [1.807, 2.05) is 37.4 Å². The Morgan fingerprint density at radius 2 is 1.94 bits per heavy atom. The van der Waals surface area contributed by atoms with Crippen molar-refractivity contribution in [3.8, 4) is 0 Å². The van der Waals surface area contributed by atoms with E-state index in [4.69, 9.17) is 0 Å². The third kappa shape index (κ3) is 8.81. The monoisotopic (exact) mass is 502 g/mol. The number of thioether (sulfide) groups is 1. The molecule has 2 amide bonds. The first kappa shape index (κ1) is 28.6. The van der Waals surface area contributed by atoms with E-state index in [2.05, 4.69) is 27.2 Å². The number of hydrogen-bond acceptors (Lipinski definition) is 6. The molecule has 0 unspecified atom stereocenters. The molecule has 1 aromatic heterocycles. The van der Waals surface area contributed by atoms with Crippen molar-refractivity contribution in [2.45, 2.75) is 75.3 Å². The van der Waals surface area contributed by atoms with Crippen LogP contribution in [0.4, 0.5) is 5.69 Å². The van der Waals surface area contributed by atoms with E-state index in [0.29, 0.717) is 18.0 Å². The van der Waals surface area contributed by atoms with Gasteiger partial charge in [0.2, 0.25) is 6.41 Å². The minimum absolute atomic E-state index is 0.172. The van der Waals surface area contributed by atoms with Gasteiger partial charge in [0.1, 0.15) is 0 Å². The van der Waals surface area contributed by atoms with E-state index < -0.39 is 0 Å². The van der Waals surface area contributed by atoms with Crippen LogP contribution < -0.4 is 10.2 Å². The number of nitrogens with zero attached hydrogens (tertiary/aromatic N) is 2. The Balaban J connectivity index is 0.000000275. The van der Waals surface area contributed by atoms with Gasteiger partial charge < -0.3 is 15.0 Å². The molecule has 2 aliphatic carbocycles. The zero-order valence-corrected chi connectivity index (χ0v) is 22.0. The zero-order chi connectivity index (χ0) is 25.7. The second kappa shape index (κ2) is 14.7. The molecule has 2 fully saturated rings. The largest absolute Gasteiger partial charge is 0.385 e. The van der Waals surface area contributed by atoms with Crippen molar-refractivity contribution in [2.75, 3.05) is 24.9 Å². The maximum absolute atomic E-state index is 12.9. The van der Waals surface area contributed by atoms with Crippen LogP contribution in [0.5, 0.6) is 0 Å². The number of benzene rings is 1. The Bertz CT molecular complexity index is 937. The number of carbonyl (C=O) groups excluding carboxylic acids is 3. The number of H-pyrrole nitrogens is 1. The molecule has 8 nitrogen and oxygen atoms in total. The summed E-state index contributed by atoms with van der Waals surface area (Å²) in [6.07, 6.45) is 11.7. The fraction of sp³-hybridized carbons (Fsp3) is 0.538. The second-order valence-electron chi connectivity index (χ2n) is 8.86. The van der Waals surface area contributed by atoms with E-state index in [9.17, 15) is 14.4 Å². The Morgan fingerprint density at radius 3 is 2.46 bits per heavy atom. The molecule has 0 spiro atoms. The van der Waals surface area contributed by atoms with Crippen molar-refractivity contribution in [1.29, 1.82) is 0 Å². The molecule has 0 atom stereocenters. The van der Waals surface area contributed by atoms with Crippen LogP contribution in [0.2, 0.25) is 0 Å². The zero-order valence-electron chi connectivity index (χ0n) is 21.2. The maximum atomic E-state index is 12.9. The van der Waals surface area contributed by atoms with Crippen LogP contribution in [0.3, 0.4) is 0 Å². The van der Waals surface area contributed by atoms with Crippen molar-refractivity contribution < 1.29 is 19.1 Å². The van der Waals surface area contributed by atoms with Crippen LogP contribution in [0.25, 0.3) is 0 Å². The molecule has 9 heteroatoms. The second-order valence-corrected chi connectivity index (χ2v) is 9.74. The number of aromatic nitrogens is 2. The van der Waals surface area contributed by atoms with E-state index in [0.717, 1.165) is 36.4 Å². The highest BCUT2D eigenvalue weighted by atomic mass is 32.2. The summed E-state index contributed by atoms with van der Waals surface area (Å²) in [5.41, 5.74) is 1.27. The molecule has 0 bridgehead atoms. The lowest BCUT2D eigenvalue weighted by Crippen LogP contribution is -2.40. The van der Waals surface area contributed by atoms with Crippen LogP contribution in [0, 0.1) is 0 Å².